The molecule has 0 aliphatic carbocycles. The van der Waals surface area contributed by atoms with Crippen molar-refractivity contribution < 1.29 is 9.18 Å². The fraction of sp³-hybridized carbons (Fsp3) is 0.368. The van der Waals surface area contributed by atoms with Crippen LogP contribution in [0.4, 0.5) is 4.39 Å². The van der Waals surface area contributed by atoms with Gasteiger partial charge in [-0.15, -0.1) is 0 Å². The van der Waals surface area contributed by atoms with Crippen molar-refractivity contribution >= 4 is 5.91 Å². The average molecular weight is 327 g/mol. The number of hydrogen-bond donors (Lipinski definition) is 1. The maximum absolute atomic E-state index is 12.9. The quantitative estimate of drug-likeness (QED) is 0.918. The fourth-order valence-corrected chi connectivity index (χ4v) is 3.19. The minimum absolute atomic E-state index is 0.0587. The number of hydrogen-bond acceptors (Lipinski definition) is 3. The highest BCUT2D eigenvalue weighted by Crippen LogP contribution is 2.18. The van der Waals surface area contributed by atoms with E-state index in [1.165, 1.54) is 18.7 Å². The molecule has 1 aliphatic heterocycles. The van der Waals surface area contributed by atoms with Gasteiger partial charge in [-0.05, 0) is 50.2 Å². The number of amides is 1. The van der Waals surface area contributed by atoms with Gasteiger partial charge in [0.2, 0.25) is 0 Å². The molecule has 1 unspecified atom stereocenters. The van der Waals surface area contributed by atoms with E-state index in [1.54, 1.807) is 18.2 Å². The largest absolute Gasteiger partial charge is 0.350 e. The van der Waals surface area contributed by atoms with Crippen molar-refractivity contribution in [2.75, 3.05) is 19.6 Å². The van der Waals surface area contributed by atoms with E-state index in [9.17, 15) is 9.18 Å². The lowest BCUT2D eigenvalue weighted by molar-refractivity contribution is 0.0941. The fourth-order valence-electron chi connectivity index (χ4n) is 3.19. The number of rotatable bonds is 5. The van der Waals surface area contributed by atoms with Crippen LogP contribution in [0, 0.1) is 5.82 Å². The van der Waals surface area contributed by atoms with Gasteiger partial charge in [0.25, 0.3) is 5.91 Å². The molecule has 0 bridgehead atoms. The zero-order valence-electron chi connectivity index (χ0n) is 13.8. The van der Waals surface area contributed by atoms with Crippen molar-refractivity contribution in [1.82, 2.24) is 15.2 Å². The Bertz CT molecular complexity index is 685. The number of nitrogens with one attached hydrogen (secondary N) is 1. The van der Waals surface area contributed by atoms with Crippen LogP contribution in [-0.4, -0.2) is 41.5 Å². The van der Waals surface area contributed by atoms with Crippen LogP contribution in [0.25, 0.3) is 11.3 Å². The van der Waals surface area contributed by atoms with Crippen LogP contribution in [0.15, 0.2) is 42.6 Å². The molecule has 1 saturated heterocycles. The molecule has 2 aromatic rings. The number of nitrogens with zero attached hydrogens (tertiary/aromatic N) is 2. The van der Waals surface area contributed by atoms with Crippen molar-refractivity contribution in [1.29, 1.82) is 0 Å². The lowest BCUT2D eigenvalue weighted by Gasteiger charge is -2.22. The molecule has 1 N–H and O–H groups in total. The topological polar surface area (TPSA) is 45.2 Å². The Morgan fingerprint density at radius 3 is 2.75 bits per heavy atom. The number of carbonyl (C=O) groups excluding carboxylic acids is 1. The third kappa shape index (κ3) is 3.79. The summed E-state index contributed by atoms with van der Waals surface area (Å²) in [7, 11) is 0. The summed E-state index contributed by atoms with van der Waals surface area (Å²) in [6, 6.07) is 10.7. The number of pyridine rings is 1. The first-order valence-electron chi connectivity index (χ1n) is 8.41. The van der Waals surface area contributed by atoms with Gasteiger partial charge >= 0.3 is 0 Å². The van der Waals surface area contributed by atoms with E-state index in [4.69, 9.17) is 0 Å². The number of carbonyl (C=O) groups is 1. The normalized spacial score (nSPS) is 17.8. The van der Waals surface area contributed by atoms with E-state index in [1.807, 2.05) is 12.1 Å². The minimum atomic E-state index is -0.359. The van der Waals surface area contributed by atoms with E-state index < -0.39 is 0 Å². The van der Waals surface area contributed by atoms with E-state index in [2.05, 4.69) is 22.1 Å². The average Bonchev–Trinajstić information content (AvgIpc) is 3.08. The molecular formula is C19H22FN3O. The van der Waals surface area contributed by atoms with Crippen LogP contribution in [0.5, 0.6) is 0 Å². The SMILES string of the molecule is CCN1CCCC1CNC(=O)c1ccc(-c2ccc(F)cn2)cc1. The van der Waals surface area contributed by atoms with Crippen molar-refractivity contribution in [3.63, 3.8) is 0 Å². The molecule has 4 nitrogen and oxygen atoms in total. The zero-order valence-corrected chi connectivity index (χ0v) is 13.8. The lowest BCUT2D eigenvalue weighted by atomic mass is 10.1. The van der Waals surface area contributed by atoms with Gasteiger partial charge < -0.3 is 5.32 Å². The highest BCUT2D eigenvalue weighted by molar-refractivity contribution is 5.94. The maximum atomic E-state index is 12.9. The van der Waals surface area contributed by atoms with Gasteiger partial charge in [-0.25, -0.2) is 4.39 Å². The van der Waals surface area contributed by atoms with Crippen molar-refractivity contribution in [2.45, 2.75) is 25.8 Å². The van der Waals surface area contributed by atoms with E-state index in [-0.39, 0.29) is 11.7 Å². The predicted octanol–water partition coefficient (Wildman–Crippen LogP) is 3.10. The second kappa shape index (κ2) is 7.53. The first-order chi connectivity index (χ1) is 11.7. The van der Waals surface area contributed by atoms with Crippen molar-refractivity contribution in [3.8, 4) is 11.3 Å². The molecule has 1 amide bonds. The van der Waals surface area contributed by atoms with Gasteiger partial charge in [-0.2, -0.15) is 0 Å². The zero-order chi connectivity index (χ0) is 16.9. The summed E-state index contributed by atoms with van der Waals surface area (Å²) in [5, 5.41) is 3.03. The molecule has 2 heterocycles. The molecule has 0 radical (unpaired) electrons. The molecule has 1 fully saturated rings. The second-order valence-corrected chi connectivity index (χ2v) is 6.07. The standard InChI is InChI=1S/C19H22FN3O/c1-2-23-11-3-4-17(23)13-22-19(24)15-7-5-14(6-8-15)18-10-9-16(20)12-21-18/h5-10,12,17H,2-4,11,13H2,1H3,(H,22,24). The number of likely N-dealkylation sites (tertiary alicyclic amines) is 1. The number of likely N-dealkylation sites (N-methyl/N-ethyl adjacent to an activating group) is 1. The van der Waals surface area contributed by atoms with Crippen molar-refractivity contribution in [2.24, 2.45) is 0 Å². The Balaban J connectivity index is 1.60. The second-order valence-electron chi connectivity index (χ2n) is 6.07. The van der Waals surface area contributed by atoms with Gasteiger partial charge in [0, 0.05) is 23.7 Å². The first kappa shape index (κ1) is 16.6. The maximum Gasteiger partial charge on any atom is 0.251 e. The Kier molecular flexibility index (Phi) is 5.20. The summed E-state index contributed by atoms with van der Waals surface area (Å²) < 4.78 is 12.9. The third-order valence-corrected chi connectivity index (χ3v) is 4.57. The number of halogens is 1. The van der Waals surface area contributed by atoms with Crippen molar-refractivity contribution in [3.05, 3.63) is 54.0 Å². The Hall–Kier alpha value is -2.27. The molecular weight excluding hydrogens is 305 g/mol. The van der Waals surface area contributed by atoms with Gasteiger partial charge in [-0.1, -0.05) is 19.1 Å². The van der Waals surface area contributed by atoms with Crippen LogP contribution in [0.2, 0.25) is 0 Å². The smallest absolute Gasteiger partial charge is 0.251 e. The van der Waals surface area contributed by atoms with Crippen LogP contribution in [-0.2, 0) is 0 Å². The van der Waals surface area contributed by atoms with Gasteiger partial charge in [0.1, 0.15) is 5.82 Å². The molecule has 3 rings (SSSR count). The van der Waals surface area contributed by atoms with Gasteiger partial charge in [0.05, 0.1) is 11.9 Å². The van der Waals surface area contributed by atoms with Gasteiger partial charge in [-0.3, -0.25) is 14.7 Å². The summed E-state index contributed by atoms with van der Waals surface area (Å²) >= 11 is 0. The van der Waals surface area contributed by atoms with E-state index in [0.717, 1.165) is 25.1 Å². The van der Waals surface area contributed by atoms with Crippen LogP contribution < -0.4 is 5.32 Å². The van der Waals surface area contributed by atoms with E-state index >= 15 is 0 Å². The Morgan fingerprint density at radius 1 is 1.29 bits per heavy atom. The summed E-state index contributed by atoms with van der Waals surface area (Å²) in [4.78, 5) is 18.7. The highest BCUT2D eigenvalue weighted by Gasteiger charge is 2.23. The Labute approximate surface area is 141 Å². The molecule has 5 heteroatoms. The summed E-state index contributed by atoms with van der Waals surface area (Å²) in [5.74, 6) is -0.417. The molecule has 1 aromatic carbocycles. The molecule has 1 atom stereocenters. The lowest BCUT2D eigenvalue weighted by Crippen LogP contribution is -2.40. The van der Waals surface area contributed by atoms with E-state index in [0.29, 0.717) is 23.8 Å². The number of benzene rings is 1. The highest BCUT2D eigenvalue weighted by atomic mass is 19.1. The first-order valence-corrected chi connectivity index (χ1v) is 8.41. The predicted molar refractivity (Wildman–Crippen MR) is 92.2 cm³/mol. The Morgan fingerprint density at radius 2 is 2.08 bits per heavy atom. The summed E-state index contributed by atoms with van der Waals surface area (Å²) in [6.07, 6.45) is 3.54. The molecule has 1 aliphatic rings. The molecule has 24 heavy (non-hydrogen) atoms. The van der Waals surface area contributed by atoms with Crippen LogP contribution in [0.1, 0.15) is 30.1 Å². The molecule has 0 saturated carbocycles. The molecule has 0 spiro atoms. The summed E-state index contributed by atoms with van der Waals surface area (Å²) in [6.45, 7) is 4.99. The minimum Gasteiger partial charge on any atom is -0.350 e. The monoisotopic (exact) mass is 327 g/mol. The number of aromatic nitrogens is 1. The molecule has 126 valence electrons. The van der Waals surface area contributed by atoms with Crippen LogP contribution >= 0.6 is 0 Å². The van der Waals surface area contributed by atoms with Crippen LogP contribution in [0.3, 0.4) is 0 Å². The molecule has 1 aromatic heterocycles. The summed E-state index contributed by atoms with van der Waals surface area (Å²) in [5.41, 5.74) is 2.18. The third-order valence-electron chi connectivity index (χ3n) is 4.57. The van der Waals surface area contributed by atoms with Gasteiger partial charge in [0.15, 0.2) is 0 Å².